The number of sulfonamides is 1. The number of benzene rings is 1. The van der Waals surface area contributed by atoms with Gasteiger partial charge in [0.25, 0.3) is 10.0 Å². The summed E-state index contributed by atoms with van der Waals surface area (Å²) in [6, 6.07) is 5.38. The van der Waals surface area contributed by atoms with Crippen molar-refractivity contribution in [3.63, 3.8) is 0 Å². The SMILES string of the molecule is CC(C)(C)c1ccc2c(c1)C=NS2(=O)=O. The van der Waals surface area contributed by atoms with Gasteiger partial charge in [0.1, 0.15) is 0 Å². The molecule has 0 bridgehead atoms. The summed E-state index contributed by atoms with van der Waals surface area (Å²) >= 11 is 0. The van der Waals surface area contributed by atoms with E-state index in [2.05, 4.69) is 25.2 Å². The van der Waals surface area contributed by atoms with Crippen molar-refractivity contribution in [1.29, 1.82) is 0 Å². The van der Waals surface area contributed by atoms with Crippen molar-refractivity contribution in [3.8, 4) is 0 Å². The number of fused-ring (bicyclic) bond motifs is 1. The fourth-order valence-electron chi connectivity index (χ4n) is 1.53. The molecule has 0 atom stereocenters. The first kappa shape index (κ1) is 10.4. The van der Waals surface area contributed by atoms with Crippen molar-refractivity contribution in [2.45, 2.75) is 31.1 Å². The standard InChI is InChI=1S/C11H13NO2S/c1-11(2,3)9-4-5-10-8(6-9)7-12-15(10,13)14/h4-7H,1-3H3. The number of rotatable bonds is 0. The van der Waals surface area contributed by atoms with Crippen molar-refractivity contribution in [1.82, 2.24) is 0 Å². The first-order chi connectivity index (χ1) is 6.81. The zero-order valence-electron chi connectivity index (χ0n) is 8.98. The number of hydrogen-bond acceptors (Lipinski definition) is 2. The van der Waals surface area contributed by atoms with E-state index in [0.717, 1.165) is 5.56 Å². The third-order valence-corrected chi connectivity index (χ3v) is 3.79. The highest BCUT2D eigenvalue weighted by Gasteiger charge is 2.24. The van der Waals surface area contributed by atoms with Crippen LogP contribution in [0.2, 0.25) is 0 Å². The fraction of sp³-hybridized carbons (Fsp3) is 0.364. The normalized spacial score (nSPS) is 17.8. The van der Waals surface area contributed by atoms with Gasteiger partial charge in [0, 0.05) is 11.8 Å². The van der Waals surface area contributed by atoms with Crippen molar-refractivity contribution >= 4 is 16.2 Å². The third kappa shape index (κ3) is 1.69. The van der Waals surface area contributed by atoms with Gasteiger partial charge in [0.2, 0.25) is 0 Å². The summed E-state index contributed by atoms with van der Waals surface area (Å²) in [6.45, 7) is 6.28. The summed E-state index contributed by atoms with van der Waals surface area (Å²) in [5, 5.41) is 0. The highest BCUT2D eigenvalue weighted by Crippen LogP contribution is 2.28. The van der Waals surface area contributed by atoms with E-state index in [1.807, 2.05) is 12.1 Å². The first-order valence-electron chi connectivity index (χ1n) is 4.75. The van der Waals surface area contributed by atoms with E-state index in [0.29, 0.717) is 10.5 Å². The van der Waals surface area contributed by atoms with E-state index >= 15 is 0 Å². The highest BCUT2D eigenvalue weighted by molar-refractivity contribution is 7.90. The van der Waals surface area contributed by atoms with Gasteiger partial charge in [-0.15, -0.1) is 0 Å². The molecule has 0 aliphatic carbocycles. The molecule has 1 aromatic carbocycles. The maximum absolute atomic E-state index is 11.4. The Morgan fingerprint density at radius 2 is 1.87 bits per heavy atom. The molecule has 0 unspecified atom stereocenters. The van der Waals surface area contributed by atoms with Crippen LogP contribution in [-0.2, 0) is 15.4 Å². The second-order valence-electron chi connectivity index (χ2n) is 4.71. The Kier molecular flexibility index (Phi) is 2.01. The molecule has 0 radical (unpaired) electrons. The van der Waals surface area contributed by atoms with Gasteiger partial charge in [-0.25, -0.2) is 0 Å². The quantitative estimate of drug-likeness (QED) is 0.676. The van der Waals surface area contributed by atoms with Gasteiger partial charge in [-0.1, -0.05) is 26.8 Å². The Bertz CT molecular complexity index is 536. The minimum absolute atomic E-state index is 0.0230. The smallest absolute Gasteiger partial charge is 0.199 e. The summed E-state index contributed by atoms with van der Waals surface area (Å²) in [4.78, 5) is 0.315. The lowest BCUT2D eigenvalue weighted by molar-refractivity contribution is 0.587. The van der Waals surface area contributed by atoms with E-state index in [4.69, 9.17) is 0 Å². The minimum Gasteiger partial charge on any atom is -0.199 e. The minimum atomic E-state index is -3.40. The van der Waals surface area contributed by atoms with Crippen molar-refractivity contribution in [2.75, 3.05) is 0 Å². The van der Waals surface area contributed by atoms with Crippen LogP contribution in [-0.4, -0.2) is 14.6 Å². The lowest BCUT2D eigenvalue weighted by Crippen LogP contribution is -2.11. The van der Waals surface area contributed by atoms with E-state index in [1.54, 1.807) is 6.07 Å². The molecule has 3 nitrogen and oxygen atoms in total. The van der Waals surface area contributed by atoms with Crippen LogP contribution in [0.15, 0.2) is 27.5 Å². The van der Waals surface area contributed by atoms with E-state index in [-0.39, 0.29) is 5.41 Å². The molecule has 1 aliphatic heterocycles. The fourth-order valence-corrected chi connectivity index (χ4v) is 2.55. The van der Waals surface area contributed by atoms with Gasteiger partial charge >= 0.3 is 0 Å². The van der Waals surface area contributed by atoms with E-state index in [1.165, 1.54) is 6.21 Å². The van der Waals surface area contributed by atoms with Crippen molar-refractivity contribution < 1.29 is 8.42 Å². The van der Waals surface area contributed by atoms with Gasteiger partial charge in [-0.3, -0.25) is 0 Å². The van der Waals surface area contributed by atoms with Crippen LogP contribution in [0.5, 0.6) is 0 Å². The van der Waals surface area contributed by atoms with Crippen LogP contribution in [0.25, 0.3) is 0 Å². The van der Waals surface area contributed by atoms with Gasteiger partial charge in [0.15, 0.2) is 0 Å². The highest BCUT2D eigenvalue weighted by atomic mass is 32.2. The Labute approximate surface area is 89.9 Å². The van der Waals surface area contributed by atoms with Gasteiger partial charge in [-0.05, 0) is 23.1 Å². The molecule has 0 spiro atoms. The Balaban J connectivity index is 2.61. The summed E-state index contributed by atoms with van der Waals surface area (Å²) in [5.74, 6) is 0. The van der Waals surface area contributed by atoms with Gasteiger partial charge in [-0.2, -0.15) is 12.8 Å². The second-order valence-corrected chi connectivity index (χ2v) is 6.31. The molecular weight excluding hydrogens is 210 g/mol. The van der Waals surface area contributed by atoms with Crippen molar-refractivity contribution in [2.24, 2.45) is 4.40 Å². The molecule has 80 valence electrons. The molecule has 2 rings (SSSR count). The molecular formula is C11H13NO2S. The molecule has 0 saturated heterocycles. The molecule has 1 aliphatic rings. The molecule has 0 aromatic heterocycles. The molecule has 0 saturated carbocycles. The van der Waals surface area contributed by atoms with Crippen LogP contribution < -0.4 is 0 Å². The third-order valence-electron chi connectivity index (χ3n) is 2.48. The summed E-state index contributed by atoms with van der Waals surface area (Å²) in [6.07, 6.45) is 1.42. The van der Waals surface area contributed by atoms with Crippen LogP contribution in [0.1, 0.15) is 31.9 Å². The predicted molar refractivity (Wildman–Crippen MR) is 59.9 cm³/mol. The average molecular weight is 223 g/mol. The number of nitrogens with zero attached hydrogens (tertiary/aromatic N) is 1. The summed E-state index contributed by atoms with van der Waals surface area (Å²) < 4.78 is 26.3. The van der Waals surface area contributed by atoms with Crippen LogP contribution >= 0.6 is 0 Å². The van der Waals surface area contributed by atoms with Crippen LogP contribution in [0, 0.1) is 0 Å². The molecule has 1 heterocycles. The molecule has 0 amide bonds. The topological polar surface area (TPSA) is 46.5 Å². The van der Waals surface area contributed by atoms with Crippen molar-refractivity contribution in [3.05, 3.63) is 29.3 Å². The van der Waals surface area contributed by atoms with Crippen LogP contribution in [0.3, 0.4) is 0 Å². The maximum atomic E-state index is 11.4. The maximum Gasteiger partial charge on any atom is 0.282 e. The Morgan fingerprint density at radius 1 is 1.20 bits per heavy atom. The average Bonchev–Trinajstić information content (AvgIpc) is 2.41. The Morgan fingerprint density at radius 3 is 2.47 bits per heavy atom. The molecule has 0 fully saturated rings. The largest absolute Gasteiger partial charge is 0.282 e. The molecule has 0 N–H and O–H groups in total. The van der Waals surface area contributed by atoms with E-state index < -0.39 is 10.0 Å². The Hall–Kier alpha value is -1.16. The van der Waals surface area contributed by atoms with Crippen LogP contribution in [0.4, 0.5) is 0 Å². The molecule has 4 heteroatoms. The summed E-state index contributed by atoms with van der Waals surface area (Å²) in [5.41, 5.74) is 1.84. The van der Waals surface area contributed by atoms with Gasteiger partial charge < -0.3 is 0 Å². The first-order valence-corrected chi connectivity index (χ1v) is 6.20. The second kappa shape index (κ2) is 2.92. The monoisotopic (exact) mass is 223 g/mol. The zero-order valence-corrected chi connectivity index (χ0v) is 9.80. The molecule has 1 aromatic rings. The zero-order chi connectivity index (χ0) is 11.3. The lowest BCUT2D eigenvalue weighted by Gasteiger charge is -2.19. The van der Waals surface area contributed by atoms with Gasteiger partial charge in [0.05, 0.1) is 4.90 Å². The summed E-state index contributed by atoms with van der Waals surface area (Å²) in [7, 11) is -3.40. The van der Waals surface area contributed by atoms with E-state index in [9.17, 15) is 8.42 Å². The predicted octanol–water partition coefficient (Wildman–Crippen LogP) is 2.11. The lowest BCUT2D eigenvalue weighted by atomic mass is 9.86. The molecule has 15 heavy (non-hydrogen) atoms. The number of hydrogen-bond donors (Lipinski definition) is 0.